The van der Waals surface area contributed by atoms with Gasteiger partial charge in [0, 0.05) is 19.0 Å². The van der Waals surface area contributed by atoms with E-state index in [4.69, 9.17) is 14.2 Å². The highest BCUT2D eigenvalue weighted by Crippen LogP contribution is 2.44. The zero-order chi connectivity index (χ0) is 35.0. The fraction of sp³-hybridized carbons (Fsp3) is 0.528. The van der Waals surface area contributed by atoms with Gasteiger partial charge in [0.2, 0.25) is 11.8 Å². The Bertz CT molecular complexity index is 1440. The molecule has 2 aliphatic rings. The van der Waals surface area contributed by atoms with Gasteiger partial charge in [-0.2, -0.15) is 0 Å². The molecule has 1 aliphatic carbocycles. The Kier molecular flexibility index (Phi) is 12.1. The molecule has 1 heterocycles. The zero-order valence-electron chi connectivity index (χ0n) is 28.7. The summed E-state index contributed by atoms with van der Waals surface area (Å²) in [5, 5.41) is 8.20. The van der Waals surface area contributed by atoms with Gasteiger partial charge >= 0.3 is 18.2 Å². The van der Waals surface area contributed by atoms with Crippen LogP contribution in [0.25, 0.3) is 11.1 Å². The second-order valence-corrected chi connectivity index (χ2v) is 13.5. The van der Waals surface area contributed by atoms with E-state index < -0.39 is 53.7 Å². The van der Waals surface area contributed by atoms with Gasteiger partial charge in [0.25, 0.3) is 0 Å². The number of hydrogen-bond donors (Lipinski definition) is 3. The Morgan fingerprint density at radius 1 is 0.938 bits per heavy atom. The highest BCUT2D eigenvalue weighted by molar-refractivity contribution is 5.93. The summed E-state index contributed by atoms with van der Waals surface area (Å²) in [6, 6.07) is 13.4. The van der Waals surface area contributed by atoms with E-state index in [9.17, 15) is 24.0 Å². The van der Waals surface area contributed by atoms with Crippen molar-refractivity contribution in [3.63, 3.8) is 0 Å². The average Bonchev–Trinajstić information content (AvgIpc) is 3.66. The first kappa shape index (κ1) is 36.2. The van der Waals surface area contributed by atoms with Crippen molar-refractivity contribution in [3.05, 3.63) is 59.7 Å². The first-order chi connectivity index (χ1) is 22.8. The molecule has 12 nitrogen and oxygen atoms in total. The van der Waals surface area contributed by atoms with Crippen LogP contribution in [0.3, 0.4) is 0 Å². The highest BCUT2D eigenvalue weighted by atomic mass is 16.6. The molecule has 1 saturated heterocycles. The lowest BCUT2D eigenvalue weighted by atomic mass is 9.98. The zero-order valence-corrected chi connectivity index (χ0v) is 28.7. The molecule has 3 N–H and O–H groups in total. The molecule has 12 heteroatoms. The molecular weight excluding hydrogens is 616 g/mol. The number of likely N-dealkylation sites (tertiary alicyclic amines) is 1. The second kappa shape index (κ2) is 16.0. The van der Waals surface area contributed by atoms with Gasteiger partial charge in [0.1, 0.15) is 30.3 Å². The van der Waals surface area contributed by atoms with E-state index in [1.165, 1.54) is 12.0 Å². The number of nitrogens with one attached hydrogen (secondary N) is 3. The van der Waals surface area contributed by atoms with Gasteiger partial charge in [-0.15, -0.1) is 0 Å². The first-order valence-corrected chi connectivity index (χ1v) is 16.6. The van der Waals surface area contributed by atoms with E-state index in [-0.39, 0.29) is 31.4 Å². The number of carbonyl (C=O) groups excluding carboxylic acids is 5. The number of esters is 1. The Morgan fingerprint density at radius 3 is 2.15 bits per heavy atom. The molecule has 260 valence electrons. The van der Waals surface area contributed by atoms with Gasteiger partial charge in [-0.3, -0.25) is 14.5 Å². The van der Waals surface area contributed by atoms with Crippen LogP contribution < -0.4 is 16.0 Å². The molecule has 3 atom stereocenters. The lowest BCUT2D eigenvalue weighted by Gasteiger charge is -2.30. The molecule has 2 aromatic rings. The molecule has 0 radical (unpaired) electrons. The smallest absolute Gasteiger partial charge is 0.410 e. The predicted molar refractivity (Wildman–Crippen MR) is 179 cm³/mol. The normalized spacial score (nSPS) is 16.7. The summed E-state index contributed by atoms with van der Waals surface area (Å²) in [7, 11) is 1.23. The monoisotopic (exact) mass is 664 g/mol. The summed E-state index contributed by atoms with van der Waals surface area (Å²) in [6.07, 6.45) is 0.434. The lowest BCUT2D eigenvalue weighted by molar-refractivity contribution is -0.145. The largest absolute Gasteiger partial charge is 0.467 e. The molecule has 0 saturated carbocycles. The van der Waals surface area contributed by atoms with Gasteiger partial charge in [-0.05, 0) is 74.6 Å². The number of ether oxygens (including phenoxy) is 3. The first-order valence-electron chi connectivity index (χ1n) is 16.6. The average molecular weight is 665 g/mol. The van der Waals surface area contributed by atoms with Crippen molar-refractivity contribution in [3.8, 4) is 11.1 Å². The van der Waals surface area contributed by atoms with Crippen molar-refractivity contribution in [1.82, 2.24) is 20.9 Å². The third kappa shape index (κ3) is 9.05. The van der Waals surface area contributed by atoms with Crippen LogP contribution in [0.1, 0.15) is 77.3 Å². The minimum Gasteiger partial charge on any atom is -0.467 e. The van der Waals surface area contributed by atoms with Crippen LogP contribution in [-0.4, -0.2) is 85.4 Å². The number of benzene rings is 2. The minimum absolute atomic E-state index is 0.0643. The molecule has 2 aromatic carbocycles. The Morgan fingerprint density at radius 2 is 1.56 bits per heavy atom. The maximum absolute atomic E-state index is 13.4. The van der Waals surface area contributed by atoms with Crippen LogP contribution >= 0.6 is 0 Å². The Hall–Kier alpha value is -4.61. The molecule has 1 fully saturated rings. The number of rotatable bonds is 12. The van der Waals surface area contributed by atoms with Gasteiger partial charge in [-0.25, -0.2) is 14.4 Å². The van der Waals surface area contributed by atoms with Crippen molar-refractivity contribution >= 4 is 30.0 Å². The van der Waals surface area contributed by atoms with E-state index in [0.717, 1.165) is 22.3 Å². The summed E-state index contributed by atoms with van der Waals surface area (Å²) in [5.74, 6) is -2.05. The molecule has 0 bridgehead atoms. The van der Waals surface area contributed by atoms with Crippen LogP contribution in [0.2, 0.25) is 0 Å². The quantitative estimate of drug-likeness (QED) is 0.170. The van der Waals surface area contributed by atoms with E-state index in [1.54, 1.807) is 34.6 Å². The van der Waals surface area contributed by atoms with Crippen molar-refractivity contribution in [2.75, 3.05) is 26.8 Å². The summed E-state index contributed by atoms with van der Waals surface area (Å²) >= 11 is 0. The van der Waals surface area contributed by atoms with E-state index >= 15 is 0 Å². The molecule has 1 aliphatic heterocycles. The van der Waals surface area contributed by atoms with Crippen molar-refractivity contribution < 1.29 is 38.2 Å². The topological polar surface area (TPSA) is 152 Å². The highest BCUT2D eigenvalue weighted by Gasteiger charge is 2.39. The van der Waals surface area contributed by atoms with Gasteiger partial charge < -0.3 is 30.2 Å². The second-order valence-electron chi connectivity index (χ2n) is 13.5. The third-order valence-electron chi connectivity index (χ3n) is 8.52. The minimum atomic E-state index is -1.00. The SMILES string of the molecule is COC(=O)C(CCCNC(=O)OCC1c2ccccc2-c2ccccc21)NC(=O)C(NC(=O)C1CCCN1C(=O)OC(C)(C)C)C(C)C. The number of amides is 4. The predicted octanol–water partition coefficient (Wildman–Crippen LogP) is 4.50. The summed E-state index contributed by atoms with van der Waals surface area (Å²) in [4.78, 5) is 65.9. The number of carbonyl (C=O) groups is 5. The summed E-state index contributed by atoms with van der Waals surface area (Å²) < 4.78 is 16.0. The summed E-state index contributed by atoms with van der Waals surface area (Å²) in [6.45, 7) is 9.57. The van der Waals surface area contributed by atoms with Gasteiger partial charge in [0.15, 0.2) is 0 Å². The number of methoxy groups -OCH3 is 1. The number of fused-ring (bicyclic) bond motifs is 3. The van der Waals surface area contributed by atoms with Crippen molar-refractivity contribution in [2.45, 2.75) is 89.9 Å². The maximum atomic E-state index is 13.4. The third-order valence-corrected chi connectivity index (χ3v) is 8.52. The molecule has 3 unspecified atom stereocenters. The van der Waals surface area contributed by atoms with Gasteiger partial charge in [-0.1, -0.05) is 62.4 Å². The standard InChI is InChI=1S/C36H48N4O8/c1-22(2)30(39-31(41)29-18-12-20-40(29)35(45)48-36(3,4)5)32(42)38-28(33(43)46-6)17-11-19-37-34(44)47-21-27-25-15-9-7-13-23(25)24-14-8-10-16-26(24)27/h7-10,13-16,22,27-30H,11-12,17-21H2,1-6H3,(H,37,44)(H,38,42)(H,39,41). The van der Waals surface area contributed by atoms with Crippen LogP contribution in [0, 0.1) is 5.92 Å². The van der Waals surface area contributed by atoms with Crippen molar-refractivity contribution in [1.29, 1.82) is 0 Å². The van der Waals surface area contributed by atoms with E-state index in [1.807, 2.05) is 36.4 Å². The number of hydrogen-bond acceptors (Lipinski definition) is 8. The van der Waals surface area contributed by atoms with E-state index in [0.29, 0.717) is 25.8 Å². The van der Waals surface area contributed by atoms with Gasteiger partial charge in [0.05, 0.1) is 7.11 Å². The molecule has 0 aromatic heterocycles. The fourth-order valence-electron chi connectivity index (χ4n) is 6.16. The Balaban J connectivity index is 1.27. The van der Waals surface area contributed by atoms with Crippen LogP contribution in [-0.2, 0) is 28.6 Å². The molecule has 4 amide bonds. The lowest BCUT2D eigenvalue weighted by Crippen LogP contribution is -2.57. The van der Waals surface area contributed by atoms with Crippen LogP contribution in [0.5, 0.6) is 0 Å². The van der Waals surface area contributed by atoms with Crippen LogP contribution in [0.15, 0.2) is 48.5 Å². The van der Waals surface area contributed by atoms with E-state index in [2.05, 4.69) is 28.1 Å². The fourth-order valence-corrected chi connectivity index (χ4v) is 6.16. The summed E-state index contributed by atoms with van der Waals surface area (Å²) in [5.41, 5.74) is 3.79. The number of alkyl carbamates (subject to hydrolysis) is 1. The Labute approximate surface area is 282 Å². The molecule has 0 spiro atoms. The van der Waals surface area contributed by atoms with Crippen LogP contribution in [0.4, 0.5) is 9.59 Å². The maximum Gasteiger partial charge on any atom is 0.410 e. The van der Waals surface area contributed by atoms with Crippen molar-refractivity contribution in [2.24, 2.45) is 5.92 Å². The molecule has 4 rings (SSSR count). The molecular formula is C36H48N4O8. The number of nitrogens with zero attached hydrogens (tertiary/aromatic N) is 1. The molecule has 48 heavy (non-hydrogen) atoms.